The molecule has 0 atom stereocenters. The molecule has 0 saturated heterocycles. The molecule has 1 heterocycles. The zero-order chi connectivity index (χ0) is 15.2. The van der Waals surface area contributed by atoms with Crippen LogP contribution < -0.4 is 10.9 Å². The summed E-state index contributed by atoms with van der Waals surface area (Å²) < 4.78 is 1.50. The Hall–Kier alpha value is -2.87. The van der Waals surface area contributed by atoms with Crippen molar-refractivity contribution in [3.63, 3.8) is 0 Å². The van der Waals surface area contributed by atoms with E-state index in [2.05, 4.69) is 5.32 Å². The molecule has 1 aromatic heterocycles. The second-order valence-corrected chi connectivity index (χ2v) is 4.73. The summed E-state index contributed by atoms with van der Waals surface area (Å²) in [5.41, 5.74) is 1.85. The number of pyridine rings is 1. The molecule has 0 saturated carbocycles. The fraction of sp³-hybridized carbons (Fsp3) is 0.188. The third kappa shape index (κ3) is 4.05. The summed E-state index contributed by atoms with van der Waals surface area (Å²) in [6.07, 6.45) is 1.88. The van der Waals surface area contributed by atoms with E-state index in [1.807, 2.05) is 19.1 Å². The Labute approximate surface area is 122 Å². The number of hydrogen-bond acceptors (Lipinski definition) is 3. The van der Waals surface area contributed by atoms with Crippen LogP contribution in [0.25, 0.3) is 0 Å². The predicted octanol–water partition coefficient (Wildman–Crippen LogP) is 2.06. The molecule has 0 unspecified atom stereocenters. The fourth-order valence-electron chi connectivity index (χ4n) is 1.90. The highest BCUT2D eigenvalue weighted by Crippen LogP contribution is 2.10. The highest BCUT2D eigenvalue weighted by Gasteiger charge is 2.04. The third-order valence-electron chi connectivity index (χ3n) is 3.01. The van der Waals surface area contributed by atoms with E-state index in [0.29, 0.717) is 17.8 Å². The minimum atomic E-state index is -0.197. The second-order valence-electron chi connectivity index (χ2n) is 4.73. The molecule has 5 heteroatoms. The lowest BCUT2D eigenvalue weighted by atomic mass is 10.2. The second kappa shape index (κ2) is 6.53. The molecular weight excluding hydrogens is 266 g/mol. The topological polar surface area (TPSA) is 74.9 Å². The lowest BCUT2D eigenvalue weighted by molar-refractivity contribution is -0.116. The standard InChI is InChI=1S/C16H15N3O2/c1-12-5-7-19(16(21)9-12)8-6-15(20)18-14-4-2-3-13(10-14)11-17/h2-5,7,9-10H,6,8H2,1H3,(H,18,20). The number of aromatic nitrogens is 1. The zero-order valence-electron chi connectivity index (χ0n) is 11.7. The number of benzene rings is 1. The van der Waals surface area contributed by atoms with Crippen LogP contribution in [-0.2, 0) is 11.3 Å². The van der Waals surface area contributed by atoms with Crippen molar-refractivity contribution in [1.29, 1.82) is 5.26 Å². The summed E-state index contributed by atoms with van der Waals surface area (Å²) in [4.78, 5) is 23.5. The molecule has 1 N–H and O–H groups in total. The maximum atomic E-state index is 11.9. The summed E-state index contributed by atoms with van der Waals surface area (Å²) in [5.74, 6) is -0.197. The summed E-state index contributed by atoms with van der Waals surface area (Å²) >= 11 is 0. The van der Waals surface area contributed by atoms with Gasteiger partial charge in [0.25, 0.3) is 5.56 Å². The molecule has 2 rings (SSSR count). The smallest absolute Gasteiger partial charge is 0.250 e. The van der Waals surface area contributed by atoms with E-state index in [0.717, 1.165) is 5.56 Å². The number of nitrogens with zero attached hydrogens (tertiary/aromatic N) is 2. The maximum Gasteiger partial charge on any atom is 0.250 e. The highest BCUT2D eigenvalue weighted by atomic mass is 16.1. The minimum absolute atomic E-state index is 0.116. The van der Waals surface area contributed by atoms with Crippen molar-refractivity contribution in [2.45, 2.75) is 19.9 Å². The van der Waals surface area contributed by atoms with Crippen LogP contribution in [0.1, 0.15) is 17.5 Å². The lowest BCUT2D eigenvalue weighted by Gasteiger charge is -2.07. The zero-order valence-corrected chi connectivity index (χ0v) is 11.7. The van der Waals surface area contributed by atoms with E-state index in [-0.39, 0.29) is 17.9 Å². The SMILES string of the molecule is Cc1ccn(CCC(=O)Nc2cccc(C#N)c2)c(=O)c1. The van der Waals surface area contributed by atoms with Gasteiger partial charge < -0.3 is 9.88 Å². The number of aryl methyl sites for hydroxylation is 2. The van der Waals surface area contributed by atoms with E-state index < -0.39 is 0 Å². The summed E-state index contributed by atoms with van der Waals surface area (Å²) in [5, 5.41) is 11.5. The van der Waals surface area contributed by atoms with Crippen molar-refractivity contribution < 1.29 is 4.79 Å². The lowest BCUT2D eigenvalue weighted by Crippen LogP contribution is -2.22. The van der Waals surface area contributed by atoms with Crippen LogP contribution >= 0.6 is 0 Å². The first-order valence-corrected chi connectivity index (χ1v) is 6.55. The van der Waals surface area contributed by atoms with Crippen molar-refractivity contribution in [2.24, 2.45) is 0 Å². The Bertz CT molecular complexity index is 757. The van der Waals surface area contributed by atoms with Gasteiger partial charge in [-0.15, -0.1) is 0 Å². The normalized spacial score (nSPS) is 9.90. The molecule has 0 aliphatic rings. The number of rotatable bonds is 4. The molecule has 0 aliphatic heterocycles. The average molecular weight is 281 g/mol. The van der Waals surface area contributed by atoms with Crippen LogP contribution in [0.2, 0.25) is 0 Å². The number of anilines is 1. The van der Waals surface area contributed by atoms with Gasteiger partial charge in [-0.3, -0.25) is 9.59 Å². The minimum Gasteiger partial charge on any atom is -0.326 e. The first kappa shape index (κ1) is 14.5. The quantitative estimate of drug-likeness (QED) is 0.932. The van der Waals surface area contributed by atoms with Gasteiger partial charge in [-0.25, -0.2) is 0 Å². The molecular formula is C16H15N3O2. The van der Waals surface area contributed by atoms with E-state index in [1.165, 1.54) is 10.6 Å². The number of amides is 1. The van der Waals surface area contributed by atoms with Gasteiger partial charge in [0.15, 0.2) is 0 Å². The molecule has 0 aliphatic carbocycles. The highest BCUT2D eigenvalue weighted by molar-refractivity contribution is 5.90. The molecule has 1 amide bonds. The molecule has 5 nitrogen and oxygen atoms in total. The van der Waals surface area contributed by atoms with Gasteiger partial charge in [-0.1, -0.05) is 6.07 Å². The van der Waals surface area contributed by atoms with Gasteiger partial charge >= 0.3 is 0 Å². The molecule has 2 aromatic rings. The van der Waals surface area contributed by atoms with Crippen LogP contribution in [0.15, 0.2) is 47.4 Å². The molecule has 0 spiro atoms. The largest absolute Gasteiger partial charge is 0.326 e. The third-order valence-corrected chi connectivity index (χ3v) is 3.01. The Morgan fingerprint density at radius 2 is 2.14 bits per heavy atom. The Morgan fingerprint density at radius 3 is 2.86 bits per heavy atom. The van der Waals surface area contributed by atoms with E-state index in [4.69, 9.17) is 5.26 Å². The van der Waals surface area contributed by atoms with Crippen molar-refractivity contribution >= 4 is 11.6 Å². The first-order valence-electron chi connectivity index (χ1n) is 6.55. The number of nitrogens with one attached hydrogen (secondary N) is 1. The van der Waals surface area contributed by atoms with Crippen LogP contribution in [-0.4, -0.2) is 10.5 Å². The Morgan fingerprint density at radius 1 is 1.33 bits per heavy atom. The summed E-state index contributed by atoms with van der Waals surface area (Å²) in [6, 6.07) is 12.1. The Kier molecular flexibility index (Phi) is 4.52. The summed E-state index contributed by atoms with van der Waals surface area (Å²) in [7, 11) is 0. The molecule has 1 aromatic carbocycles. The summed E-state index contributed by atoms with van der Waals surface area (Å²) in [6.45, 7) is 2.17. The van der Waals surface area contributed by atoms with E-state index in [1.54, 1.807) is 30.5 Å². The van der Waals surface area contributed by atoms with Crippen LogP contribution in [0.5, 0.6) is 0 Å². The van der Waals surface area contributed by atoms with Crippen LogP contribution in [0.4, 0.5) is 5.69 Å². The molecule has 0 fully saturated rings. The van der Waals surface area contributed by atoms with Crippen molar-refractivity contribution in [3.05, 3.63) is 64.1 Å². The van der Waals surface area contributed by atoms with Crippen molar-refractivity contribution in [2.75, 3.05) is 5.32 Å². The number of hydrogen-bond donors (Lipinski definition) is 1. The predicted molar refractivity (Wildman–Crippen MR) is 79.8 cm³/mol. The number of carbonyl (C=O) groups excluding carboxylic acids is 1. The number of carbonyl (C=O) groups is 1. The Balaban J connectivity index is 1.96. The maximum absolute atomic E-state index is 11.9. The number of nitriles is 1. The van der Waals surface area contributed by atoms with Crippen LogP contribution in [0, 0.1) is 18.3 Å². The first-order chi connectivity index (χ1) is 10.1. The van der Waals surface area contributed by atoms with Gasteiger partial charge in [-0.05, 0) is 36.8 Å². The molecule has 21 heavy (non-hydrogen) atoms. The van der Waals surface area contributed by atoms with Gasteiger partial charge in [0.1, 0.15) is 0 Å². The van der Waals surface area contributed by atoms with Gasteiger partial charge in [0.2, 0.25) is 5.91 Å². The van der Waals surface area contributed by atoms with Gasteiger partial charge in [-0.2, -0.15) is 5.26 Å². The van der Waals surface area contributed by atoms with Crippen LogP contribution in [0.3, 0.4) is 0 Å². The monoisotopic (exact) mass is 281 g/mol. The van der Waals surface area contributed by atoms with Crippen molar-refractivity contribution in [1.82, 2.24) is 4.57 Å². The van der Waals surface area contributed by atoms with Crippen molar-refractivity contribution in [3.8, 4) is 6.07 Å². The molecule has 0 bridgehead atoms. The molecule has 106 valence electrons. The van der Waals surface area contributed by atoms with Gasteiger partial charge in [0.05, 0.1) is 11.6 Å². The van der Waals surface area contributed by atoms with Gasteiger partial charge in [0, 0.05) is 30.9 Å². The fourth-order valence-corrected chi connectivity index (χ4v) is 1.90. The average Bonchev–Trinajstić information content (AvgIpc) is 2.46. The van der Waals surface area contributed by atoms with E-state index in [9.17, 15) is 9.59 Å². The van der Waals surface area contributed by atoms with E-state index >= 15 is 0 Å². The molecule has 0 radical (unpaired) electrons.